The van der Waals surface area contributed by atoms with Crippen LogP contribution in [0.1, 0.15) is 38.5 Å². The van der Waals surface area contributed by atoms with E-state index >= 15 is 0 Å². The van der Waals surface area contributed by atoms with Gasteiger partial charge in [-0.05, 0) is 56.1 Å². The number of ether oxygens (including phenoxy) is 1. The van der Waals surface area contributed by atoms with E-state index in [4.69, 9.17) is 4.74 Å². The molecule has 4 aliphatic rings. The summed E-state index contributed by atoms with van der Waals surface area (Å²) >= 11 is 0. The van der Waals surface area contributed by atoms with Crippen molar-refractivity contribution >= 4 is 17.3 Å². The van der Waals surface area contributed by atoms with Crippen molar-refractivity contribution in [1.29, 1.82) is 0 Å². The van der Waals surface area contributed by atoms with E-state index in [1.165, 1.54) is 18.9 Å². The Morgan fingerprint density at radius 3 is 2.50 bits per heavy atom. The van der Waals surface area contributed by atoms with Crippen LogP contribution < -0.4 is 9.64 Å². The Morgan fingerprint density at radius 2 is 1.74 bits per heavy atom. The van der Waals surface area contributed by atoms with Crippen molar-refractivity contribution in [3.8, 4) is 5.75 Å². The normalized spacial score (nSPS) is 28.9. The zero-order valence-electron chi connectivity index (χ0n) is 19.8. The molecule has 4 fully saturated rings. The zero-order chi connectivity index (χ0) is 23.7. The maximum Gasteiger partial charge on any atom is 0.161 e. The highest BCUT2D eigenvalue weighted by atomic mass is 19.1. The number of aliphatic hydroxyl groups is 1. The Kier molecular flexibility index (Phi) is 7.18. The first-order valence-corrected chi connectivity index (χ1v) is 12.8. The molecule has 7 nitrogen and oxygen atoms in total. The van der Waals surface area contributed by atoms with Crippen LogP contribution in [0.3, 0.4) is 0 Å². The molecule has 5 rings (SSSR count). The minimum atomic E-state index is -0.824. The molecule has 2 saturated heterocycles. The molecule has 2 heterocycles. The summed E-state index contributed by atoms with van der Waals surface area (Å²) in [5.74, 6) is 1.23. The first-order valence-electron chi connectivity index (χ1n) is 12.8. The first kappa shape index (κ1) is 23.7. The lowest BCUT2D eigenvalue weighted by atomic mass is 9.79. The van der Waals surface area contributed by atoms with E-state index in [1.807, 2.05) is 0 Å². The maximum atomic E-state index is 14.0. The molecule has 34 heavy (non-hydrogen) atoms. The number of aliphatic hydroxyl groups excluding tert-OH is 1. The van der Waals surface area contributed by atoms with Crippen molar-refractivity contribution in [3.05, 3.63) is 24.0 Å². The van der Waals surface area contributed by atoms with Crippen molar-refractivity contribution in [3.63, 3.8) is 0 Å². The van der Waals surface area contributed by atoms with Gasteiger partial charge in [0, 0.05) is 51.8 Å². The molecule has 2 aliphatic heterocycles. The van der Waals surface area contributed by atoms with Gasteiger partial charge < -0.3 is 14.7 Å². The van der Waals surface area contributed by atoms with Gasteiger partial charge in [-0.3, -0.25) is 19.4 Å². The van der Waals surface area contributed by atoms with Gasteiger partial charge in [-0.2, -0.15) is 0 Å². The molecule has 3 atom stereocenters. The van der Waals surface area contributed by atoms with Gasteiger partial charge in [-0.1, -0.05) is 0 Å². The molecule has 0 spiro atoms. The van der Waals surface area contributed by atoms with Gasteiger partial charge in [-0.15, -0.1) is 0 Å². The predicted octanol–water partition coefficient (Wildman–Crippen LogP) is 2.11. The SMILES string of the molecule is O=C(CN1CCN(c2cc(F)ccc2OC2CCCC2)CC1)CN1CC2CC(=O)C(O)CC2C1. The van der Waals surface area contributed by atoms with Gasteiger partial charge in [0.1, 0.15) is 17.7 Å². The van der Waals surface area contributed by atoms with Crippen LogP contribution in [0.15, 0.2) is 18.2 Å². The molecule has 8 heteroatoms. The Balaban J connectivity index is 1.10. The Labute approximate surface area is 200 Å². The molecule has 0 bridgehead atoms. The highest BCUT2D eigenvalue weighted by Gasteiger charge is 2.41. The van der Waals surface area contributed by atoms with Crippen LogP contribution in [0.2, 0.25) is 0 Å². The molecule has 3 unspecified atom stereocenters. The molecule has 0 aromatic heterocycles. The Morgan fingerprint density at radius 1 is 1.03 bits per heavy atom. The summed E-state index contributed by atoms with van der Waals surface area (Å²) in [5.41, 5.74) is 0.814. The van der Waals surface area contributed by atoms with E-state index in [9.17, 15) is 19.1 Å². The van der Waals surface area contributed by atoms with E-state index in [0.29, 0.717) is 31.8 Å². The van der Waals surface area contributed by atoms with Crippen LogP contribution in [0.25, 0.3) is 0 Å². The first-order chi connectivity index (χ1) is 16.4. The number of hydrogen-bond donors (Lipinski definition) is 1. The van der Waals surface area contributed by atoms with Crippen molar-refractivity contribution in [2.24, 2.45) is 11.8 Å². The minimum absolute atomic E-state index is 0.0533. The third-order valence-corrected chi connectivity index (χ3v) is 8.04. The number of halogens is 1. The third kappa shape index (κ3) is 5.44. The smallest absolute Gasteiger partial charge is 0.161 e. The number of rotatable bonds is 7. The molecule has 2 aliphatic carbocycles. The lowest BCUT2D eigenvalue weighted by Crippen LogP contribution is -2.49. The molecular formula is C26H36FN3O4. The topological polar surface area (TPSA) is 73.3 Å². The summed E-state index contributed by atoms with van der Waals surface area (Å²) in [6.07, 6.45) is 4.85. The number of hydrogen-bond acceptors (Lipinski definition) is 7. The summed E-state index contributed by atoms with van der Waals surface area (Å²) in [6, 6.07) is 4.78. The lowest BCUT2D eigenvalue weighted by Gasteiger charge is -2.36. The number of carbonyl (C=O) groups is 2. The summed E-state index contributed by atoms with van der Waals surface area (Å²) in [5, 5.41) is 9.84. The maximum absolute atomic E-state index is 14.0. The van der Waals surface area contributed by atoms with E-state index in [-0.39, 0.29) is 29.4 Å². The van der Waals surface area contributed by atoms with Crippen LogP contribution in [0.4, 0.5) is 10.1 Å². The van der Waals surface area contributed by atoms with Crippen LogP contribution in [-0.4, -0.2) is 91.0 Å². The van der Waals surface area contributed by atoms with Crippen molar-refractivity contribution in [1.82, 2.24) is 9.80 Å². The quantitative estimate of drug-likeness (QED) is 0.650. The number of benzene rings is 1. The second kappa shape index (κ2) is 10.3. The molecule has 0 radical (unpaired) electrons. The second-order valence-electron chi connectivity index (χ2n) is 10.6. The number of nitrogens with zero attached hydrogens (tertiary/aromatic N) is 3. The molecule has 0 amide bonds. The zero-order valence-corrected chi connectivity index (χ0v) is 19.8. The van der Waals surface area contributed by atoms with Gasteiger partial charge >= 0.3 is 0 Å². The number of likely N-dealkylation sites (tertiary alicyclic amines) is 1. The molecule has 1 N–H and O–H groups in total. The summed E-state index contributed by atoms with van der Waals surface area (Å²) in [4.78, 5) is 31.1. The van der Waals surface area contributed by atoms with Crippen molar-refractivity contribution in [2.45, 2.75) is 50.7 Å². The molecule has 1 aromatic carbocycles. The largest absolute Gasteiger partial charge is 0.488 e. The third-order valence-electron chi connectivity index (χ3n) is 8.04. The van der Waals surface area contributed by atoms with Gasteiger partial charge in [0.05, 0.1) is 24.9 Å². The molecule has 2 saturated carbocycles. The van der Waals surface area contributed by atoms with Crippen LogP contribution in [0.5, 0.6) is 5.75 Å². The fourth-order valence-electron chi connectivity index (χ4n) is 6.19. The fourth-order valence-corrected chi connectivity index (χ4v) is 6.19. The van der Waals surface area contributed by atoms with Crippen molar-refractivity contribution in [2.75, 3.05) is 57.3 Å². The van der Waals surface area contributed by atoms with Gasteiger partial charge in [-0.25, -0.2) is 4.39 Å². The average Bonchev–Trinajstić information content (AvgIpc) is 3.45. The van der Waals surface area contributed by atoms with Crippen LogP contribution >= 0.6 is 0 Å². The Hall–Kier alpha value is -2.03. The standard InChI is InChI=1S/C26H36FN3O4/c27-20-5-6-26(34-22-3-1-2-4-22)23(13-20)30-9-7-28(8-10-30)16-21(31)17-29-14-18-11-24(32)25(33)12-19(18)15-29/h5-6,13,18-19,22,24,32H,1-4,7-12,14-17H2. The number of piperazine rings is 1. The number of Topliss-reactive ketones (excluding diaryl/α,β-unsaturated/α-hetero) is 2. The highest BCUT2D eigenvalue weighted by Crippen LogP contribution is 2.35. The lowest BCUT2D eigenvalue weighted by molar-refractivity contribution is -0.132. The summed E-state index contributed by atoms with van der Waals surface area (Å²) in [6.45, 7) is 5.33. The highest BCUT2D eigenvalue weighted by molar-refractivity contribution is 5.84. The van der Waals surface area contributed by atoms with E-state index in [0.717, 1.165) is 63.5 Å². The number of ketones is 2. The molecule has 1 aromatic rings. The fraction of sp³-hybridized carbons (Fsp3) is 0.692. The van der Waals surface area contributed by atoms with Gasteiger partial charge in [0.15, 0.2) is 11.6 Å². The van der Waals surface area contributed by atoms with Crippen LogP contribution in [0, 0.1) is 17.7 Å². The monoisotopic (exact) mass is 473 g/mol. The van der Waals surface area contributed by atoms with Gasteiger partial charge in [0.2, 0.25) is 0 Å². The number of fused-ring (bicyclic) bond motifs is 1. The van der Waals surface area contributed by atoms with E-state index in [2.05, 4.69) is 14.7 Å². The number of anilines is 1. The minimum Gasteiger partial charge on any atom is -0.488 e. The summed E-state index contributed by atoms with van der Waals surface area (Å²) < 4.78 is 20.3. The second-order valence-corrected chi connectivity index (χ2v) is 10.6. The summed E-state index contributed by atoms with van der Waals surface area (Å²) in [7, 11) is 0. The molecular weight excluding hydrogens is 437 g/mol. The van der Waals surface area contributed by atoms with Gasteiger partial charge in [0.25, 0.3) is 0 Å². The predicted molar refractivity (Wildman–Crippen MR) is 127 cm³/mol. The van der Waals surface area contributed by atoms with Crippen LogP contribution in [-0.2, 0) is 9.59 Å². The number of carbonyl (C=O) groups excluding carboxylic acids is 2. The van der Waals surface area contributed by atoms with E-state index in [1.54, 1.807) is 12.1 Å². The van der Waals surface area contributed by atoms with E-state index < -0.39 is 6.10 Å². The molecule has 186 valence electrons. The average molecular weight is 474 g/mol. The van der Waals surface area contributed by atoms with Crippen molar-refractivity contribution < 1.29 is 23.8 Å². The Bertz CT molecular complexity index is 898.